The third-order valence-corrected chi connectivity index (χ3v) is 5.20. The number of nitrogens with zero attached hydrogens (tertiary/aromatic N) is 3. The summed E-state index contributed by atoms with van der Waals surface area (Å²) in [4.78, 5) is 9.47. The van der Waals surface area contributed by atoms with E-state index < -0.39 is 6.61 Å². The zero-order valence-corrected chi connectivity index (χ0v) is 18.0. The van der Waals surface area contributed by atoms with Crippen LogP contribution in [-0.4, -0.2) is 74.7 Å². The quantitative estimate of drug-likeness (QED) is 0.483. The Morgan fingerprint density at radius 1 is 1.14 bits per heavy atom. The fraction of sp³-hybridized carbons (Fsp3) is 0.667. The van der Waals surface area contributed by atoms with E-state index >= 15 is 0 Å². The SMILES string of the molecule is CCNC(=NCc1ccccc1OC(F)F)NCC(C(C)C)N1CCN(C)CC1. The van der Waals surface area contributed by atoms with Crippen molar-refractivity contribution in [2.75, 3.05) is 46.3 Å². The maximum Gasteiger partial charge on any atom is 0.387 e. The van der Waals surface area contributed by atoms with Crippen LogP contribution in [0.3, 0.4) is 0 Å². The number of rotatable bonds is 9. The number of hydrogen-bond acceptors (Lipinski definition) is 4. The Balaban J connectivity index is 2.01. The Kier molecular flexibility index (Phi) is 9.60. The summed E-state index contributed by atoms with van der Waals surface area (Å²) in [6.07, 6.45) is 0. The van der Waals surface area contributed by atoms with Gasteiger partial charge < -0.3 is 20.3 Å². The third kappa shape index (κ3) is 7.78. The van der Waals surface area contributed by atoms with E-state index in [2.05, 4.69) is 51.1 Å². The van der Waals surface area contributed by atoms with Crippen LogP contribution in [0.1, 0.15) is 26.3 Å². The predicted octanol–water partition coefficient (Wildman–Crippen LogP) is 2.62. The van der Waals surface area contributed by atoms with Crippen LogP contribution in [0.25, 0.3) is 0 Å². The van der Waals surface area contributed by atoms with E-state index in [1.807, 2.05) is 6.92 Å². The van der Waals surface area contributed by atoms with Crippen molar-refractivity contribution in [2.45, 2.75) is 40.0 Å². The lowest BCUT2D eigenvalue weighted by atomic mass is 10.0. The summed E-state index contributed by atoms with van der Waals surface area (Å²) in [6.45, 7) is 9.70. The molecular weight excluding hydrogens is 376 g/mol. The highest BCUT2D eigenvalue weighted by atomic mass is 19.3. The van der Waals surface area contributed by atoms with Crippen molar-refractivity contribution < 1.29 is 13.5 Å². The smallest absolute Gasteiger partial charge is 0.387 e. The molecule has 1 atom stereocenters. The summed E-state index contributed by atoms with van der Waals surface area (Å²) in [7, 11) is 2.16. The Labute approximate surface area is 173 Å². The van der Waals surface area contributed by atoms with Crippen LogP contribution in [-0.2, 0) is 6.54 Å². The number of halogens is 2. The highest BCUT2D eigenvalue weighted by molar-refractivity contribution is 5.79. The van der Waals surface area contributed by atoms with Gasteiger partial charge in [0.05, 0.1) is 6.54 Å². The lowest BCUT2D eigenvalue weighted by Crippen LogP contribution is -2.55. The van der Waals surface area contributed by atoms with Gasteiger partial charge in [0.25, 0.3) is 0 Å². The van der Waals surface area contributed by atoms with Crippen LogP contribution < -0.4 is 15.4 Å². The van der Waals surface area contributed by atoms with Crippen LogP contribution in [0.5, 0.6) is 5.75 Å². The highest BCUT2D eigenvalue weighted by Gasteiger charge is 2.25. The number of aliphatic imine (C=N–C) groups is 1. The van der Waals surface area contributed by atoms with Gasteiger partial charge in [-0.25, -0.2) is 4.99 Å². The molecule has 1 heterocycles. The standard InChI is InChI=1S/C21H35F2N5O/c1-5-24-21(25-14-17-8-6-7-9-19(17)29-20(22)23)26-15-18(16(2)3)28-12-10-27(4)11-13-28/h6-9,16,18,20H,5,10-15H2,1-4H3,(H2,24,25,26). The zero-order chi connectivity index (χ0) is 21.2. The largest absolute Gasteiger partial charge is 0.434 e. The average Bonchev–Trinajstić information content (AvgIpc) is 2.68. The molecule has 29 heavy (non-hydrogen) atoms. The molecule has 1 fully saturated rings. The molecule has 2 rings (SSSR count). The van der Waals surface area contributed by atoms with Crippen LogP contribution in [0.4, 0.5) is 8.78 Å². The number of likely N-dealkylation sites (N-methyl/N-ethyl adjacent to an activating group) is 1. The van der Waals surface area contributed by atoms with E-state index in [1.165, 1.54) is 0 Å². The summed E-state index contributed by atoms with van der Waals surface area (Å²) < 4.78 is 29.8. The van der Waals surface area contributed by atoms with Crippen LogP contribution in [0.15, 0.2) is 29.3 Å². The molecule has 0 saturated carbocycles. The molecule has 1 aliphatic heterocycles. The molecule has 6 nitrogen and oxygen atoms in total. The van der Waals surface area contributed by atoms with Crippen LogP contribution >= 0.6 is 0 Å². The first kappa shape index (κ1) is 23.3. The molecule has 0 spiro atoms. The van der Waals surface area contributed by atoms with Gasteiger partial charge in [-0.05, 0) is 26.0 Å². The average molecular weight is 412 g/mol. The molecule has 0 bridgehead atoms. The van der Waals surface area contributed by atoms with Crippen molar-refractivity contribution in [3.63, 3.8) is 0 Å². The lowest BCUT2D eigenvalue weighted by Gasteiger charge is -2.40. The van der Waals surface area contributed by atoms with Gasteiger partial charge in [0.2, 0.25) is 0 Å². The van der Waals surface area contributed by atoms with Gasteiger partial charge in [0, 0.05) is 50.9 Å². The van der Waals surface area contributed by atoms with Gasteiger partial charge in [0.15, 0.2) is 5.96 Å². The lowest BCUT2D eigenvalue weighted by molar-refractivity contribution is -0.0504. The van der Waals surface area contributed by atoms with Crippen molar-refractivity contribution in [3.8, 4) is 5.75 Å². The van der Waals surface area contributed by atoms with Gasteiger partial charge >= 0.3 is 6.61 Å². The molecule has 1 aromatic carbocycles. The Hall–Kier alpha value is -1.93. The summed E-state index contributed by atoms with van der Waals surface area (Å²) in [5.41, 5.74) is 0.629. The van der Waals surface area contributed by atoms with Crippen LogP contribution in [0.2, 0.25) is 0 Å². The first-order chi connectivity index (χ1) is 13.9. The van der Waals surface area contributed by atoms with E-state index in [-0.39, 0.29) is 12.3 Å². The third-order valence-electron chi connectivity index (χ3n) is 5.20. The second-order valence-electron chi connectivity index (χ2n) is 7.71. The molecule has 1 saturated heterocycles. The fourth-order valence-electron chi connectivity index (χ4n) is 3.49. The Morgan fingerprint density at radius 2 is 1.83 bits per heavy atom. The van der Waals surface area contributed by atoms with Crippen molar-refractivity contribution >= 4 is 5.96 Å². The minimum absolute atomic E-state index is 0.166. The van der Waals surface area contributed by atoms with Gasteiger partial charge in [0.1, 0.15) is 5.75 Å². The predicted molar refractivity (Wildman–Crippen MR) is 114 cm³/mol. The van der Waals surface area contributed by atoms with E-state index in [4.69, 9.17) is 0 Å². The summed E-state index contributed by atoms with van der Waals surface area (Å²) in [6, 6.07) is 7.18. The molecular formula is C21H35F2N5O. The summed E-state index contributed by atoms with van der Waals surface area (Å²) in [5, 5.41) is 6.68. The maximum atomic E-state index is 12.6. The second-order valence-corrected chi connectivity index (χ2v) is 7.71. The number of nitrogens with one attached hydrogen (secondary N) is 2. The van der Waals surface area contributed by atoms with Gasteiger partial charge in [-0.1, -0.05) is 32.0 Å². The van der Waals surface area contributed by atoms with Crippen molar-refractivity contribution in [1.82, 2.24) is 20.4 Å². The molecule has 2 N–H and O–H groups in total. The van der Waals surface area contributed by atoms with E-state index in [0.717, 1.165) is 39.3 Å². The monoisotopic (exact) mass is 411 g/mol. The summed E-state index contributed by atoms with van der Waals surface area (Å²) in [5.74, 6) is 1.35. The molecule has 164 valence electrons. The normalized spacial score (nSPS) is 17.6. The van der Waals surface area contributed by atoms with Crippen LogP contribution in [0, 0.1) is 5.92 Å². The molecule has 0 aliphatic carbocycles. The van der Waals surface area contributed by atoms with Gasteiger partial charge in [-0.2, -0.15) is 8.78 Å². The van der Waals surface area contributed by atoms with E-state index in [0.29, 0.717) is 23.5 Å². The van der Waals surface area contributed by atoms with Gasteiger partial charge in [-0.15, -0.1) is 0 Å². The van der Waals surface area contributed by atoms with E-state index in [1.54, 1.807) is 24.3 Å². The zero-order valence-electron chi connectivity index (χ0n) is 18.0. The second kappa shape index (κ2) is 11.9. The number of piperazine rings is 1. The Morgan fingerprint density at radius 3 is 2.45 bits per heavy atom. The first-order valence-electron chi connectivity index (χ1n) is 10.4. The molecule has 0 amide bonds. The van der Waals surface area contributed by atoms with Crippen molar-refractivity contribution in [3.05, 3.63) is 29.8 Å². The molecule has 0 aromatic heterocycles. The maximum absolute atomic E-state index is 12.6. The molecule has 8 heteroatoms. The first-order valence-corrected chi connectivity index (χ1v) is 10.4. The number of alkyl halides is 2. The molecule has 1 unspecified atom stereocenters. The van der Waals surface area contributed by atoms with Gasteiger partial charge in [-0.3, -0.25) is 4.90 Å². The van der Waals surface area contributed by atoms with E-state index in [9.17, 15) is 8.78 Å². The van der Waals surface area contributed by atoms with Crippen molar-refractivity contribution in [1.29, 1.82) is 0 Å². The summed E-state index contributed by atoms with van der Waals surface area (Å²) >= 11 is 0. The number of ether oxygens (including phenoxy) is 1. The highest BCUT2D eigenvalue weighted by Crippen LogP contribution is 2.21. The minimum Gasteiger partial charge on any atom is -0.434 e. The molecule has 1 aromatic rings. The Bertz CT molecular complexity index is 633. The van der Waals surface area contributed by atoms with Crippen molar-refractivity contribution in [2.24, 2.45) is 10.9 Å². The number of benzene rings is 1. The number of hydrogen-bond donors (Lipinski definition) is 2. The fourth-order valence-corrected chi connectivity index (χ4v) is 3.49. The number of para-hydroxylation sites is 1. The molecule has 1 aliphatic rings. The topological polar surface area (TPSA) is 52.1 Å². The number of guanidine groups is 1. The molecule has 0 radical (unpaired) electrons. The minimum atomic E-state index is -2.85.